The highest BCUT2D eigenvalue weighted by Crippen LogP contribution is 2.67. The number of rotatable bonds is 6. The summed E-state index contributed by atoms with van der Waals surface area (Å²) in [5.41, 5.74) is -0.368. The summed E-state index contributed by atoms with van der Waals surface area (Å²) < 4.78 is 11.7. The van der Waals surface area contributed by atoms with E-state index >= 15 is 0 Å². The predicted molar refractivity (Wildman–Crippen MR) is 137 cm³/mol. The Bertz CT molecular complexity index is 1100. The molecule has 0 radical (unpaired) electrons. The molecule has 1 aromatic carbocycles. The Morgan fingerprint density at radius 2 is 2.03 bits per heavy atom. The van der Waals surface area contributed by atoms with Gasteiger partial charge >= 0.3 is 5.97 Å². The third-order valence-corrected chi connectivity index (χ3v) is 9.29. The zero-order chi connectivity index (χ0) is 26.0. The topological polar surface area (TPSA) is 91.3 Å². The van der Waals surface area contributed by atoms with Crippen molar-refractivity contribution in [3.8, 4) is 5.75 Å². The third-order valence-electron chi connectivity index (χ3n) is 9.29. The SMILES string of the molecule is CC[C@]12C=CCN3CC[C@@]4(c5ccc(OC)cc5N(C)[C@H]4C(O)(CNC(=O)C(C)C)[C@@H]1OC(C)=O)[C@@H]32. The number of fused-ring (bicyclic) bond motifs is 1. The van der Waals surface area contributed by atoms with E-state index in [1.807, 2.05) is 33.0 Å². The summed E-state index contributed by atoms with van der Waals surface area (Å²) >= 11 is 0. The van der Waals surface area contributed by atoms with Gasteiger partial charge in [0.15, 0.2) is 0 Å². The molecule has 1 aliphatic carbocycles. The van der Waals surface area contributed by atoms with Crippen molar-refractivity contribution in [3.63, 3.8) is 0 Å². The van der Waals surface area contributed by atoms with Gasteiger partial charge in [0.25, 0.3) is 0 Å². The number of carbonyl (C=O) groups is 2. The molecule has 1 saturated heterocycles. The molecule has 1 unspecified atom stereocenters. The van der Waals surface area contributed by atoms with Gasteiger partial charge in [-0.15, -0.1) is 0 Å². The molecule has 4 aliphatic rings. The average Bonchev–Trinajstić information content (AvgIpc) is 3.36. The fraction of sp³-hybridized carbons (Fsp3) is 0.643. The van der Waals surface area contributed by atoms with Gasteiger partial charge < -0.3 is 24.8 Å². The van der Waals surface area contributed by atoms with Crippen LogP contribution in [0.1, 0.15) is 46.1 Å². The first-order chi connectivity index (χ1) is 17.1. The summed E-state index contributed by atoms with van der Waals surface area (Å²) in [6, 6.07) is 5.80. The van der Waals surface area contributed by atoms with Crippen molar-refractivity contribution in [2.75, 3.05) is 38.7 Å². The molecule has 8 nitrogen and oxygen atoms in total. The highest BCUT2D eigenvalue weighted by atomic mass is 16.6. The van der Waals surface area contributed by atoms with Crippen molar-refractivity contribution in [1.29, 1.82) is 0 Å². The van der Waals surface area contributed by atoms with Gasteiger partial charge in [0.1, 0.15) is 17.5 Å². The number of anilines is 1. The molecule has 3 heterocycles. The standard InChI is InChI=1S/C28H39N3O5/c1-7-26-11-8-13-31-14-12-27(23(26)31)20-10-9-19(35-6)15-21(20)30(5)24(27)28(34,25(26)36-18(4)32)16-29-22(33)17(2)3/h8-11,15,17,23-25,34H,7,12-14,16H2,1-6H3,(H,29,33)/t23-,24+,25+,26+,27+,28?/m0/s1. The Balaban J connectivity index is 1.77. The number of methoxy groups -OCH3 is 1. The minimum absolute atomic E-state index is 0.00779. The largest absolute Gasteiger partial charge is 0.497 e. The maximum Gasteiger partial charge on any atom is 0.303 e. The lowest BCUT2D eigenvalue weighted by molar-refractivity contribution is -0.217. The lowest BCUT2D eigenvalue weighted by Gasteiger charge is -2.64. The zero-order valence-electron chi connectivity index (χ0n) is 22.2. The van der Waals surface area contributed by atoms with Crippen molar-refractivity contribution in [3.05, 3.63) is 35.9 Å². The number of nitrogens with zero attached hydrogens (tertiary/aromatic N) is 2. The van der Waals surface area contributed by atoms with E-state index in [1.165, 1.54) is 12.5 Å². The number of carbonyl (C=O) groups excluding carboxylic acids is 2. The number of esters is 1. The van der Waals surface area contributed by atoms with Crippen molar-refractivity contribution >= 4 is 17.6 Å². The number of amides is 1. The molecule has 2 fully saturated rings. The smallest absolute Gasteiger partial charge is 0.303 e. The van der Waals surface area contributed by atoms with Crippen LogP contribution in [0.25, 0.3) is 0 Å². The number of aliphatic hydroxyl groups is 1. The minimum atomic E-state index is -1.54. The van der Waals surface area contributed by atoms with Gasteiger partial charge in [-0.1, -0.05) is 39.0 Å². The molecule has 0 bridgehead atoms. The Labute approximate surface area is 213 Å². The monoisotopic (exact) mass is 497 g/mol. The summed E-state index contributed by atoms with van der Waals surface area (Å²) in [4.78, 5) is 29.9. The van der Waals surface area contributed by atoms with E-state index in [2.05, 4.69) is 40.3 Å². The van der Waals surface area contributed by atoms with E-state index in [0.29, 0.717) is 6.42 Å². The van der Waals surface area contributed by atoms with E-state index < -0.39 is 34.5 Å². The quantitative estimate of drug-likeness (QED) is 0.460. The molecule has 3 aliphatic heterocycles. The van der Waals surface area contributed by atoms with Gasteiger partial charge in [0.05, 0.1) is 19.7 Å². The maximum atomic E-state index is 12.9. The number of hydrogen-bond acceptors (Lipinski definition) is 7. The van der Waals surface area contributed by atoms with E-state index in [1.54, 1.807) is 7.11 Å². The Morgan fingerprint density at radius 1 is 1.28 bits per heavy atom. The molecule has 6 atom stereocenters. The predicted octanol–water partition coefficient (Wildman–Crippen LogP) is 2.24. The van der Waals surface area contributed by atoms with Gasteiger partial charge in [-0.25, -0.2) is 0 Å². The molecular weight excluding hydrogens is 458 g/mol. The number of hydrogen-bond donors (Lipinski definition) is 2. The number of ether oxygens (including phenoxy) is 2. The van der Waals surface area contributed by atoms with Crippen LogP contribution in [0.5, 0.6) is 5.75 Å². The lowest BCUT2D eigenvalue weighted by Crippen LogP contribution is -2.81. The Kier molecular flexibility index (Phi) is 5.91. The summed E-state index contributed by atoms with van der Waals surface area (Å²) in [6.45, 7) is 8.87. The van der Waals surface area contributed by atoms with E-state index in [-0.39, 0.29) is 24.4 Å². The normalized spacial score (nSPS) is 36.3. The van der Waals surface area contributed by atoms with Gasteiger partial charge in [-0.2, -0.15) is 0 Å². The van der Waals surface area contributed by atoms with Crippen molar-refractivity contribution in [2.45, 2.75) is 69.7 Å². The molecule has 1 amide bonds. The molecular formula is C28H39N3O5. The Hall–Kier alpha value is -2.58. The van der Waals surface area contributed by atoms with Crippen LogP contribution in [0.2, 0.25) is 0 Å². The van der Waals surface area contributed by atoms with E-state index in [0.717, 1.165) is 30.9 Å². The first kappa shape index (κ1) is 25.1. The minimum Gasteiger partial charge on any atom is -0.497 e. The van der Waals surface area contributed by atoms with Gasteiger partial charge in [0, 0.05) is 55.1 Å². The van der Waals surface area contributed by atoms with E-state index in [9.17, 15) is 14.7 Å². The van der Waals surface area contributed by atoms with Gasteiger partial charge in [0.2, 0.25) is 5.91 Å². The molecule has 196 valence electrons. The first-order valence-electron chi connectivity index (χ1n) is 13.1. The summed E-state index contributed by atoms with van der Waals surface area (Å²) in [6.07, 6.45) is 5.05. The molecule has 5 rings (SSSR count). The number of likely N-dealkylation sites (N-methyl/N-ethyl adjacent to an activating group) is 1. The number of nitrogens with one attached hydrogen (secondary N) is 1. The fourth-order valence-corrected chi connectivity index (χ4v) is 8.08. The fourth-order valence-electron chi connectivity index (χ4n) is 8.08. The summed E-state index contributed by atoms with van der Waals surface area (Å²) in [5, 5.41) is 15.9. The van der Waals surface area contributed by atoms with Crippen molar-refractivity contribution < 1.29 is 24.2 Å². The second kappa shape index (κ2) is 8.48. The van der Waals surface area contributed by atoms with Crippen LogP contribution in [0.4, 0.5) is 5.69 Å². The van der Waals surface area contributed by atoms with E-state index in [4.69, 9.17) is 9.47 Å². The number of benzene rings is 1. The van der Waals surface area contributed by atoms with Gasteiger partial charge in [-0.05, 0) is 31.0 Å². The van der Waals surface area contributed by atoms with Crippen LogP contribution < -0.4 is 15.0 Å². The van der Waals surface area contributed by atoms with Crippen molar-refractivity contribution in [2.24, 2.45) is 11.3 Å². The molecule has 36 heavy (non-hydrogen) atoms. The van der Waals surface area contributed by atoms with Crippen LogP contribution in [0.15, 0.2) is 30.4 Å². The van der Waals surface area contributed by atoms with Crippen LogP contribution in [0.3, 0.4) is 0 Å². The van der Waals surface area contributed by atoms with Crippen molar-refractivity contribution in [1.82, 2.24) is 10.2 Å². The van der Waals surface area contributed by atoms with Crippen LogP contribution >= 0.6 is 0 Å². The molecule has 2 N–H and O–H groups in total. The third kappa shape index (κ3) is 3.13. The van der Waals surface area contributed by atoms with Crippen LogP contribution in [-0.2, 0) is 19.7 Å². The van der Waals surface area contributed by atoms with Gasteiger partial charge in [-0.3, -0.25) is 14.5 Å². The molecule has 1 spiro atoms. The maximum absolute atomic E-state index is 12.9. The molecule has 0 aromatic heterocycles. The molecule has 8 heteroatoms. The Morgan fingerprint density at radius 3 is 2.67 bits per heavy atom. The second-order valence-electron chi connectivity index (χ2n) is 11.3. The summed E-state index contributed by atoms with van der Waals surface area (Å²) in [5.74, 6) is -0.0504. The highest BCUT2D eigenvalue weighted by molar-refractivity contribution is 5.78. The molecule has 1 aromatic rings. The first-order valence-corrected chi connectivity index (χ1v) is 13.1. The highest BCUT2D eigenvalue weighted by Gasteiger charge is 2.77. The lowest BCUT2D eigenvalue weighted by atomic mass is 9.47. The summed E-state index contributed by atoms with van der Waals surface area (Å²) in [7, 11) is 3.65. The van der Waals surface area contributed by atoms with Crippen LogP contribution in [0, 0.1) is 11.3 Å². The average molecular weight is 498 g/mol. The van der Waals surface area contributed by atoms with Crippen LogP contribution in [-0.4, -0.2) is 79.5 Å². The zero-order valence-corrected chi connectivity index (χ0v) is 22.2. The molecule has 1 saturated carbocycles. The second-order valence-corrected chi connectivity index (χ2v) is 11.3.